The lowest BCUT2D eigenvalue weighted by molar-refractivity contribution is -0.158. The highest BCUT2D eigenvalue weighted by Crippen LogP contribution is 2.40. The summed E-state index contributed by atoms with van der Waals surface area (Å²) in [5.74, 6) is -7.40. The average Bonchev–Trinajstić information content (AvgIpc) is 3.60. The lowest BCUT2D eigenvalue weighted by Gasteiger charge is -2.37. The third-order valence-electron chi connectivity index (χ3n) is 7.84. The molecule has 4 rings (SSSR count). The minimum atomic E-state index is -4.70. The molecule has 5 atom stereocenters. The van der Waals surface area contributed by atoms with Crippen molar-refractivity contribution < 1.29 is 47.7 Å². The number of primary amides is 1. The molecular weight excluding hydrogens is 622 g/mol. The molecule has 0 radical (unpaired) electrons. The van der Waals surface area contributed by atoms with Crippen LogP contribution in [0.2, 0.25) is 0 Å². The van der Waals surface area contributed by atoms with E-state index in [1.54, 1.807) is 24.3 Å². The van der Waals surface area contributed by atoms with Gasteiger partial charge in [-0.25, -0.2) is 18.0 Å². The smallest absolute Gasteiger partial charge is 0.345 e. The molecule has 0 aromatic heterocycles. The van der Waals surface area contributed by atoms with Crippen molar-refractivity contribution in [3.8, 4) is 0 Å². The predicted molar refractivity (Wildman–Crippen MR) is 163 cm³/mol. The van der Waals surface area contributed by atoms with Crippen molar-refractivity contribution in [2.45, 2.75) is 41.2 Å². The molecule has 1 aliphatic heterocycles. The van der Waals surface area contributed by atoms with Gasteiger partial charge in [-0.05, 0) is 30.5 Å². The van der Waals surface area contributed by atoms with Gasteiger partial charge in [0.1, 0.15) is 11.9 Å². The van der Waals surface area contributed by atoms with E-state index in [1.807, 2.05) is 0 Å². The van der Waals surface area contributed by atoms with Crippen LogP contribution in [-0.2, 0) is 45.0 Å². The van der Waals surface area contributed by atoms with Crippen LogP contribution in [0.1, 0.15) is 24.0 Å². The minimum absolute atomic E-state index is 0.0593. The average molecular weight is 658 g/mol. The van der Waals surface area contributed by atoms with Gasteiger partial charge in [0.05, 0.1) is 18.3 Å². The van der Waals surface area contributed by atoms with Crippen molar-refractivity contribution in [1.29, 1.82) is 0 Å². The van der Waals surface area contributed by atoms with Crippen molar-refractivity contribution in [1.82, 2.24) is 5.32 Å². The van der Waals surface area contributed by atoms with E-state index >= 15 is 0 Å². The highest BCUT2D eigenvalue weighted by Gasteiger charge is 2.53. The molecule has 0 bridgehead atoms. The summed E-state index contributed by atoms with van der Waals surface area (Å²) >= 11 is 0. The summed E-state index contributed by atoms with van der Waals surface area (Å²) in [6, 6.07) is 14.2. The van der Waals surface area contributed by atoms with Gasteiger partial charge in [0, 0.05) is 5.57 Å². The Morgan fingerprint density at radius 3 is 2.22 bits per heavy atom. The van der Waals surface area contributed by atoms with Gasteiger partial charge in [0.15, 0.2) is 27.3 Å². The number of ether oxygens (including phenoxy) is 2. The van der Waals surface area contributed by atoms with Gasteiger partial charge in [-0.2, -0.15) is 0 Å². The maximum absolute atomic E-state index is 13.7. The molecule has 1 aliphatic carbocycles. The van der Waals surface area contributed by atoms with Crippen molar-refractivity contribution in [2.75, 3.05) is 13.2 Å². The summed E-state index contributed by atoms with van der Waals surface area (Å²) in [5.41, 5.74) is 14.7. The molecule has 1 heterocycles. The van der Waals surface area contributed by atoms with Crippen molar-refractivity contribution in [2.24, 2.45) is 28.3 Å². The molecule has 0 saturated carbocycles. The first-order valence-corrected chi connectivity index (χ1v) is 15.8. The molecule has 15 nitrogen and oxygen atoms in total. The van der Waals surface area contributed by atoms with Crippen LogP contribution in [0.5, 0.6) is 0 Å². The number of rotatable bonds is 12. The number of nitrogens with zero attached hydrogens (tertiary/aromatic N) is 1. The Morgan fingerprint density at radius 2 is 1.67 bits per heavy atom. The monoisotopic (exact) mass is 657 g/mol. The Balaban J connectivity index is 1.88. The molecule has 2 aromatic carbocycles. The number of nitrogens with two attached hydrogens (primary N) is 3. The number of carbonyl (C=O) groups excluding carboxylic acids is 3. The second kappa shape index (κ2) is 13.8. The van der Waals surface area contributed by atoms with Crippen molar-refractivity contribution in [3.63, 3.8) is 0 Å². The number of amidine groups is 1. The van der Waals surface area contributed by atoms with Gasteiger partial charge >= 0.3 is 11.9 Å². The fourth-order valence-electron chi connectivity index (χ4n) is 5.16. The summed E-state index contributed by atoms with van der Waals surface area (Å²) in [6.45, 7) is -0.942. The third kappa shape index (κ3) is 6.52. The van der Waals surface area contributed by atoms with Crippen LogP contribution in [0, 0.1) is 5.92 Å². The summed E-state index contributed by atoms with van der Waals surface area (Å²) in [6.07, 6.45) is 1.31. The fraction of sp³-hybridized carbons (Fsp3) is 0.333. The molecule has 1 saturated heterocycles. The second-order valence-corrected chi connectivity index (χ2v) is 13.1. The number of benzene rings is 2. The number of oxime groups is 1. The van der Waals surface area contributed by atoms with E-state index in [-0.39, 0.29) is 11.1 Å². The van der Waals surface area contributed by atoms with Crippen LogP contribution in [0.3, 0.4) is 0 Å². The molecule has 10 N–H and O–H groups in total. The molecule has 2 aromatic rings. The first-order valence-electron chi connectivity index (χ1n) is 14.1. The van der Waals surface area contributed by atoms with E-state index in [4.69, 9.17) is 26.7 Å². The third-order valence-corrected chi connectivity index (χ3v) is 9.96. The standard InChI is InChI=1S/C30H35N5O10S/c31-25(35-41)20-13-14-21(30(40,27(32)38)19-10-5-2-6-11-19)24(44-26(37)22-12-7-15-34-22)23(20)45-28(39)29(33,17-36)46(42,43)16-18-8-3-1-4-9-18/h1-6,8-11,13-14,20,22-23,34,36,40-41H,7,12,15-17,33H2,(H2,31,35)(H2,32,38)/t20?,22?,23?,29-,30?/m0/s1. The number of nitrogens with one attached hydrogen (secondary N) is 1. The van der Waals surface area contributed by atoms with Crippen LogP contribution >= 0.6 is 0 Å². The molecule has 246 valence electrons. The van der Waals surface area contributed by atoms with Gasteiger partial charge < -0.3 is 47.4 Å². The van der Waals surface area contributed by atoms with Crippen molar-refractivity contribution >= 4 is 33.5 Å². The highest BCUT2D eigenvalue weighted by molar-refractivity contribution is 7.92. The number of amides is 1. The molecule has 0 spiro atoms. The molecule has 1 amide bonds. The van der Waals surface area contributed by atoms with Crippen LogP contribution in [0.25, 0.3) is 0 Å². The maximum Gasteiger partial charge on any atom is 0.345 e. The first kappa shape index (κ1) is 34.3. The Bertz CT molecular complexity index is 1660. The van der Waals surface area contributed by atoms with Gasteiger partial charge in [-0.15, -0.1) is 0 Å². The van der Waals surface area contributed by atoms with E-state index in [1.165, 1.54) is 42.5 Å². The zero-order valence-electron chi connectivity index (χ0n) is 24.5. The Morgan fingerprint density at radius 1 is 1.04 bits per heavy atom. The lowest BCUT2D eigenvalue weighted by Crippen LogP contribution is -2.60. The van der Waals surface area contributed by atoms with E-state index in [2.05, 4.69) is 10.5 Å². The van der Waals surface area contributed by atoms with Crippen LogP contribution < -0.4 is 22.5 Å². The Hall–Kier alpha value is -4.61. The fourth-order valence-corrected chi connectivity index (χ4v) is 6.55. The molecule has 16 heteroatoms. The molecular formula is C30H35N5O10S. The van der Waals surface area contributed by atoms with Crippen LogP contribution in [0.15, 0.2) is 89.3 Å². The number of sulfone groups is 1. The van der Waals surface area contributed by atoms with E-state index in [0.29, 0.717) is 19.4 Å². The maximum atomic E-state index is 13.7. The van der Waals surface area contributed by atoms with Gasteiger partial charge in [-0.3, -0.25) is 4.79 Å². The number of esters is 2. The van der Waals surface area contributed by atoms with Crippen LogP contribution in [0.4, 0.5) is 0 Å². The van der Waals surface area contributed by atoms with Gasteiger partial charge in [0.25, 0.3) is 5.91 Å². The number of aliphatic hydroxyl groups excluding tert-OH is 1. The highest BCUT2D eigenvalue weighted by atomic mass is 32.2. The summed E-state index contributed by atoms with van der Waals surface area (Å²) in [5, 5.41) is 37.5. The number of hydrogen-bond acceptors (Lipinski definition) is 13. The molecule has 4 unspecified atom stereocenters. The Labute approximate surface area is 264 Å². The van der Waals surface area contributed by atoms with E-state index < -0.39 is 85.7 Å². The predicted octanol–water partition coefficient (Wildman–Crippen LogP) is -0.985. The number of carbonyl (C=O) groups is 3. The van der Waals surface area contributed by atoms with Gasteiger partial charge in [0.2, 0.25) is 4.87 Å². The van der Waals surface area contributed by atoms with Crippen LogP contribution in [-0.4, -0.2) is 77.7 Å². The van der Waals surface area contributed by atoms with E-state index in [0.717, 1.165) is 6.08 Å². The zero-order valence-corrected chi connectivity index (χ0v) is 25.3. The SMILES string of the molecule is NC(=O)C(O)(C1=C(OC(=O)C2CCCN2)C(OC(=O)[C@](N)(CO)S(=O)(=O)Cc2ccccc2)C(/C(N)=N/O)C=C1)c1ccccc1. The van der Waals surface area contributed by atoms with Crippen molar-refractivity contribution in [3.05, 3.63) is 95.3 Å². The summed E-state index contributed by atoms with van der Waals surface area (Å²) < 4.78 is 38.2. The molecule has 2 aliphatic rings. The lowest BCUT2D eigenvalue weighted by atomic mass is 9.79. The quantitative estimate of drug-likeness (QED) is 0.0476. The molecule has 46 heavy (non-hydrogen) atoms. The Kier molecular flexibility index (Phi) is 10.3. The summed E-state index contributed by atoms with van der Waals surface area (Å²) in [4.78, 5) is 36.9. The summed E-state index contributed by atoms with van der Waals surface area (Å²) in [7, 11) is -4.70. The molecule has 1 fully saturated rings. The first-order chi connectivity index (χ1) is 21.8. The number of hydrogen-bond donors (Lipinski definition) is 7. The largest absolute Gasteiger partial charge is 0.451 e. The normalized spacial score (nSPS) is 22.8. The van der Waals surface area contributed by atoms with Gasteiger partial charge in [-0.1, -0.05) is 78.0 Å². The topological polar surface area (TPSA) is 267 Å². The minimum Gasteiger partial charge on any atom is -0.451 e. The second-order valence-electron chi connectivity index (χ2n) is 10.8. The zero-order chi connectivity index (χ0) is 33.7. The van der Waals surface area contributed by atoms with E-state index in [9.17, 15) is 38.2 Å². The number of aliphatic hydroxyl groups is 2.